The molecular weight excluding hydrogens is 257 g/mol. The van der Waals surface area contributed by atoms with E-state index in [0.717, 1.165) is 5.56 Å². The Labute approximate surface area is 109 Å². The quantitative estimate of drug-likeness (QED) is 0.879. The van der Waals surface area contributed by atoms with Gasteiger partial charge in [-0.2, -0.15) is 0 Å². The minimum absolute atomic E-state index is 0.377. The molecule has 0 spiro atoms. The number of halogens is 2. The molecule has 3 nitrogen and oxygen atoms in total. The van der Waals surface area contributed by atoms with E-state index in [2.05, 4.69) is 4.98 Å². The number of nitrogens with two attached hydrogens (primary N) is 2. The van der Waals surface area contributed by atoms with Crippen LogP contribution in [0, 0.1) is 0 Å². The van der Waals surface area contributed by atoms with Crippen molar-refractivity contribution in [3.8, 4) is 0 Å². The van der Waals surface area contributed by atoms with Crippen molar-refractivity contribution in [3.05, 3.63) is 57.7 Å². The highest BCUT2D eigenvalue weighted by Crippen LogP contribution is 2.27. The van der Waals surface area contributed by atoms with Crippen molar-refractivity contribution < 1.29 is 0 Å². The molecule has 0 radical (unpaired) electrons. The van der Waals surface area contributed by atoms with Crippen molar-refractivity contribution in [1.29, 1.82) is 0 Å². The fraction of sp³-hybridized carbons (Fsp3) is 0.0833. The molecule has 0 bridgehead atoms. The summed E-state index contributed by atoms with van der Waals surface area (Å²) in [6.07, 6.45) is 1.49. The van der Waals surface area contributed by atoms with E-state index in [9.17, 15) is 0 Å². The Morgan fingerprint density at radius 2 is 1.88 bits per heavy atom. The molecule has 0 aliphatic rings. The molecular formula is C12H11Cl2N3. The number of rotatable bonds is 2. The highest BCUT2D eigenvalue weighted by atomic mass is 35.5. The van der Waals surface area contributed by atoms with Crippen LogP contribution >= 0.6 is 23.2 Å². The summed E-state index contributed by atoms with van der Waals surface area (Å²) in [6.45, 7) is 0. The van der Waals surface area contributed by atoms with Crippen molar-refractivity contribution in [2.75, 3.05) is 5.73 Å². The second-order valence-corrected chi connectivity index (χ2v) is 4.53. The fourth-order valence-corrected chi connectivity index (χ4v) is 1.96. The molecule has 0 aliphatic heterocycles. The summed E-state index contributed by atoms with van der Waals surface area (Å²) in [5.41, 5.74) is 13.5. The molecule has 4 N–H and O–H groups in total. The molecule has 17 heavy (non-hydrogen) atoms. The van der Waals surface area contributed by atoms with Crippen LogP contribution < -0.4 is 11.5 Å². The highest BCUT2D eigenvalue weighted by molar-refractivity contribution is 6.31. The lowest BCUT2D eigenvalue weighted by atomic mass is 10.0. The van der Waals surface area contributed by atoms with E-state index in [1.54, 1.807) is 18.2 Å². The standard InChI is InChI=1S/C12H11Cl2N3/c13-8-3-1-2-7(4-8)11(15)10-5-9(14)6-17-12(10)16/h1-6,11H,15H2,(H2,16,17). The molecule has 0 aliphatic carbocycles. The predicted molar refractivity (Wildman–Crippen MR) is 71.1 cm³/mol. The molecule has 2 rings (SSSR count). The maximum absolute atomic E-state index is 6.12. The SMILES string of the molecule is Nc1ncc(Cl)cc1C(N)c1cccc(Cl)c1. The molecule has 1 unspecified atom stereocenters. The number of hydrogen-bond acceptors (Lipinski definition) is 3. The van der Waals surface area contributed by atoms with Gasteiger partial charge in [0.15, 0.2) is 0 Å². The lowest BCUT2D eigenvalue weighted by Crippen LogP contribution is -2.14. The van der Waals surface area contributed by atoms with Crippen LogP contribution in [-0.4, -0.2) is 4.98 Å². The van der Waals surface area contributed by atoms with Gasteiger partial charge < -0.3 is 11.5 Å². The third kappa shape index (κ3) is 2.69. The monoisotopic (exact) mass is 267 g/mol. The number of pyridine rings is 1. The van der Waals surface area contributed by atoms with Crippen LogP contribution in [0.15, 0.2) is 36.5 Å². The van der Waals surface area contributed by atoms with Gasteiger partial charge in [0.2, 0.25) is 0 Å². The van der Waals surface area contributed by atoms with E-state index in [4.69, 9.17) is 34.7 Å². The van der Waals surface area contributed by atoms with Crippen molar-refractivity contribution >= 4 is 29.0 Å². The second-order valence-electron chi connectivity index (χ2n) is 3.66. The van der Waals surface area contributed by atoms with Gasteiger partial charge in [-0.25, -0.2) is 4.98 Å². The van der Waals surface area contributed by atoms with Crippen LogP contribution in [0.3, 0.4) is 0 Å². The van der Waals surface area contributed by atoms with E-state index >= 15 is 0 Å². The average molecular weight is 268 g/mol. The summed E-state index contributed by atoms with van der Waals surface area (Å²) in [4.78, 5) is 3.98. The van der Waals surface area contributed by atoms with Gasteiger partial charge in [-0.3, -0.25) is 0 Å². The lowest BCUT2D eigenvalue weighted by Gasteiger charge is -2.14. The molecule has 2 aromatic rings. The molecule has 0 saturated heterocycles. The number of benzene rings is 1. The highest BCUT2D eigenvalue weighted by Gasteiger charge is 2.13. The average Bonchev–Trinajstić information content (AvgIpc) is 2.31. The van der Waals surface area contributed by atoms with Crippen LogP contribution in [-0.2, 0) is 0 Å². The second kappa shape index (κ2) is 4.92. The zero-order chi connectivity index (χ0) is 12.4. The predicted octanol–water partition coefficient (Wildman–Crippen LogP) is 3.02. The third-order valence-corrected chi connectivity index (χ3v) is 2.90. The Hall–Kier alpha value is -1.29. The number of anilines is 1. The van der Waals surface area contributed by atoms with Crippen LogP contribution in [0.4, 0.5) is 5.82 Å². The van der Waals surface area contributed by atoms with Crippen molar-refractivity contribution in [2.45, 2.75) is 6.04 Å². The van der Waals surface area contributed by atoms with Crippen LogP contribution in [0.1, 0.15) is 17.2 Å². The summed E-state index contributed by atoms with van der Waals surface area (Å²) in [7, 11) is 0. The molecule has 1 aromatic carbocycles. The number of nitrogen functional groups attached to an aromatic ring is 1. The summed E-state index contributed by atoms with van der Waals surface area (Å²) in [5.74, 6) is 0.377. The van der Waals surface area contributed by atoms with Gasteiger partial charge in [-0.05, 0) is 23.8 Å². The first-order chi connectivity index (χ1) is 8.08. The molecule has 1 atom stereocenters. The Kier molecular flexibility index (Phi) is 3.52. The first kappa shape index (κ1) is 12.2. The van der Waals surface area contributed by atoms with Gasteiger partial charge in [-0.1, -0.05) is 35.3 Å². The largest absolute Gasteiger partial charge is 0.383 e. The van der Waals surface area contributed by atoms with Gasteiger partial charge in [0.25, 0.3) is 0 Å². The summed E-state index contributed by atoms with van der Waals surface area (Å²) >= 11 is 11.8. The van der Waals surface area contributed by atoms with Gasteiger partial charge in [0, 0.05) is 16.8 Å². The van der Waals surface area contributed by atoms with Gasteiger partial charge in [0.05, 0.1) is 11.1 Å². The van der Waals surface area contributed by atoms with Crippen LogP contribution in [0.25, 0.3) is 0 Å². The first-order valence-corrected chi connectivity index (χ1v) is 5.75. The van der Waals surface area contributed by atoms with Crippen LogP contribution in [0.2, 0.25) is 10.0 Å². The smallest absolute Gasteiger partial charge is 0.128 e. The Bertz CT molecular complexity index is 543. The van der Waals surface area contributed by atoms with Crippen molar-refractivity contribution in [2.24, 2.45) is 5.73 Å². The Morgan fingerprint density at radius 3 is 2.59 bits per heavy atom. The van der Waals surface area contributed by atoms with Crippen molar-refractivity contribution in [3.63, 3.8) is 0 Å². The lowest BCUT2D eigenvalue weighted by molar-refractivity contribution is 0.868. The molecule has 1 aromatic heterocycles. The summed E-state index contributed by atoms with van der Waals surface area (Å²) in [6, 6.07) is 8.64. The minimum Gasteiger partial charge on any atom is -0.383 e. The molecule has 1 heterocycles. The molecule has 88 valence electrons. The number of hydrogen-bond donors (Lipinski definition) is 2. The summed E-state index contributed by atoms with van der Waals surface area (Å²) < 4.78 is 0. The number of aromatic nitrogens is 1. The van der Waals surface area contributed by atoms with E-state index in [1.165, 1.54) is 6.20 Å². The minimum atomic E-state index is -0.389. The van der Waals surface area contributed by atoms with Crippen LogP contribution in [0.5, 0.6) is 0 Å². The molecule has 5 heteroatoms. The topological polar surface area (TPSA) is 64.9 Å². The Balaban J connectivity index is 2.43. The Morgan fingerprint density at radius 1 is 1.12 bits per heavy atom. The third-order valence-electron chi connectivity index (χ3n) is 2.46. The first-order valence-electron chi connectivity index (χ1n) is 5.00. The molecule has 0 fully saturated rings. The normalized spacial score (nSPS) is 12.4. The van der Waals surface area contributed by atoms with E-state index < -0.39 is 0 Å². The maximum atomic E-state index is 6.12. The van der Waals surface area contributed by atoms with Gasteiger partial charge in [-0.15, -0.1) is 0 Å². The molecule has 0 saturated carbocycles. The zero-order valence-electron chi connectivity index (χ0n) is 8.90. The van der Waals surface area contributed by atoms with Gasteiger partial charge in [0.1, 0.15) is 5.82 Å². The van der Waals surface area contributed by atoms with E-state index in [-0.39, 0.29) is 6.04 Å². The van der Waals surface area contributed by atoms with Gasteiger partial charge >= 0.3 is 0 Å². The molecule has 0 amide bonds. The fourth-order valence-electron chi connectivity index (χ4n) is 1.59. The van der Waals surface area contributed by atoms with E-state index in [1.807, 2.05) is 12.1 Å². The maximum Gasteiger partial charge on any atom is 0.128 e. The number of nitrogens with zero attached hydrogens (tertiary/aromatic N) is 1. The zero-order valence-corrected chi connectivity index (χ0v) is 10.4. The summed E-state index contributed by atoms with van der Waals surface area (Å²) in [5, 5.41) is 1.14. The van der Waals surface area contributed by atoms with E-state index in [0.29, 0.717) is 21.4 Å². The van der Waals surface area contributed by atoms with Crippen molar-refractivity contribution in [1.82, 2.24) is 4.98 Å².